The van der Waals surface area contributed by atoms with Crippen LogP contribution in [0.1, 0.15) is 46.5 Å². The number of carbonyl (C=O) groups is 1. The molecule has 0 aromatic rings. The number of carbonyl (C=O) groups excluding carboxylic acids is 1. The largest absolute Gasteiger partial charge is 0.381 e. The van der Waals surface area contributed by atoms with Crippen LogP contribution in [0.15, 0.2) is 0 Å². The number of amides is 1. The van der Waals surface area contributed by atoms with E-state index in [1.807, 2.05) is 0 Å². The maximum Gasteiger partial charge on any atom is 0.252 e. The molecule has 0 aromatic heterocycles. The van der Waals surface area contributed by atoms with Gasteiger partial charge in [-0.05, 0) is 46.5 Å². The highest BCUT2D eigenvalue weighted by Crippen LogP contribution is 2.28. The molecule has 24 heavy (non-hydrogen) atoms. The first-order chi connectivity index (χ1) is 11.3. The SMILES string of the molecule is COC1CCN(C(C)(C)CNC(=O)C(C)(O)C2CCOCC2)CC1. The molecule has 0 aliphatic carbocycles. The van der Waals surface area contributed by atoms with Gasteiger partial charge in [0, 0.05) is 51.4 Å². The Hall–Kier alpha value is -0.690. The van der Waals surface area contributed by atoms with Gasteiger partial charge in [-0.15, -0.1) is 0 Å². The molecule has 2 aliphatic heterocycles. The summed E-state index contributed by atoms with van der Waals surface area (Å²) in [4.78, 5) is 14.9. The molecule has 2 saturated heterocycles. The van der Waals surface area contributed by atoms with Crippen molar-refractivity contribution in [2.24, 2.45) is 5.92 Å². The van der Waals surface area contributed by atoms with Crippen molar-refractivity contribution in [1.82, 2.24) is 10.2 Å². The molecule has 1 atom stereocenters. The van der Waals surface area contributed by atoms with Gasteiger partial charge in [-0.3, -0.25) is 9.69 Å². The summed E-state index contributed by atoms with van der Waals surface area (Å²) in [6.45, 7) is 9.63. The molecular weight excluding hydrogens is 308 g/mol. The second-order valence-corrected chi connectivity index (χ2v) is 7.95. The molecule has 0 bridgehead atoms. The highest BCUT2D eigenvalue weighted by atomic mass is 16.5. The lowest BCUT2D eigenvalue weighted by atomic mass is 9.82. The Balaban J connectivity index is 1.85. The zero-order chi connectivity index (χ0) is 17.8. The van der Waals surface area contributed by atoms with Crippen molar-refractivity contribution in [3.63, 3.8) is 0 Å². The molecule has 0 spiro atoms. The summed E-state index contributed by atoms with van der Waals surface area (Å²) < 4.78 is 10.7. The van der Waals surface area contributed by atoms with E-state index < -0.39 is 5.60 Å². The lowest BCUT2D eigenvalue weighted by molar-refractivity contribution is -0.148. The van der Waals surface area contributed by atoms with Crippen molar-refractivity contribution >= 4 is 5.91 Å². The summed E-state index contributed by atoms with van der Waals surface area (Å²) >= 11 is 0. The monoisotopic (exact) mass is 342 g/mol. The van der Waals surface area contributed by atoms with Crippen LogP contribution >= 0.6 is 0 Å². The zero-order valence-corrected chi connectivity index (χ0v) is 15.6. The molecule has 1 amide bonds. The maximum atomic E-state index is 12.6. The predicted octanol–water partition coefficient (Wildman–Crippen LogP) is 1.17. The van der Waals surface area contributed by atoms with Crippen LogP contribution < -0.4 is 5.32 Å². The summed E-state index contributed by atoms with van der Waals surface area (Å²) in [5.74, 6) is -0.305. The molecule has 2 rings (SSSR count). The number of nitrogens with one attached hydrogen (secondary N) is 1. The molecule has 2 aliphatic rings. The quantitative estimate of drug-likeness (QED) is 0.758. The molecule has 140 valence electrons. The van der Waals surface area contributed by atoms with Crippen LogP contribution in [0.2, 0.25) is 0 Å². The van der Waals surface area contributed by atoms with Gasteiger partial charge in [0.15, 0.2) is 0 Å². The minimum absolute atomic E-state index is 0.0354. The van der Waals surface area contributed by atoms with E-state index in [4.69, 9.17) is 9.47 Å². The van der Waals surface area contributed by atoms with E-state index in [0.29, 0.717) is 25.9 Å². The highest BCUT2D eigenvalue weighted by molar-refractivity contribution is 5.84. The number of hydrogen-bond donors (Lipinski definition) is 2. The fraction of sp³-hybridized carbons (Fsp3) is 0.944. The van der Waals surface area contributed by atoms with E-state index in [0.717, 1.165) is 38.8 Å². The first-order valence-electron chi connectivity index (χ1n) is 9.13. The fourth-order valence-electron chi connectivity index (χ4n) is 3.73. The Morgan fingerprint density at radius 1 is 1.21 bits per heavy atom. The number of ether oxygens (including phenoxy) is 2. The predicted molar refractivity (Wildman–Crippen MR) is 92.9 cm³/mol. The summed E-state index contributed by atoms with van der Waals surface area (Å²) in [7, 11) is 1.77. The van der Waals surface area contributed by atoms with Crippen LogP contribution in [0, 0.1) is 5.92 Å². The number of methoxy groups -OCH3 is 1. The molecular formula is C18H34N2O4. The van der Waals surface area contributed by atoms with E-state index >= 15 is 0 Å². The summed E-state index contributed by atoms with van der Waals surface area (Å²) in [6.07, 6.45) is 3.85. The Morgan fingerprint density at radius 2 is 1.79 bits per heavy atom. The minimum atomic E-state index is -1.33. The normalized spacial score (nSPS) is 24.5. The lowest BCUT2D eigenvalue weighted by Crippen LogP contribution is -2.58. The highest BCUT2D eigenvalue weighted by Gasteiger charge is 2.41. The first kappa shape index (κ1) is 19.6. The van der Waals surface area contributed by atoms with Crippen molar-refractivity contribution in [2.75, 3.05) is 40.0 Å². The number of aliphatic hydroxyl groups is 1. The molecule has 0 radical (unpaired) electrons. The third kappa shape index (κ3) is 4.69. The van der Waals surface area contributed by atoms with E-state index in [-0.39, 0.29) is 17.4 Å². The van der Waals surface area contributed by atoms with Gasteiger partial charge in [-0.25, -0.2) is 0 Å². The minimum Gasteiger partial charge on any atom is -0.381 e. The summed E-state index contributed by atoms with van der Waals surface area (Å²) in [5, 5.41) is 13.7. The Labute approximate surface area is 145 Å². The molecule has 2 fully saturated rings. The average Bonchev–Trinajstić information content (AvgIpc) is 2.60. The molecule has 1 unspecified atom stereocenters. The van der Waals surface area contributed by atoms with Crippen LogP contribution in [0.4, 0.5) is 0 Å². The third-order valence-corrected chi connectivity index (χ3v) is 5.79. The first-order valence-corrected chi connectivity index (χ1v) is 9.13. The molecule has 2 heterocycles. The second-order valence-electron chi connectivity index (χ2n) is 7.95. The second kappa shape index (κ2) is 8.13. The Kier molecular flexibility index (Phi) is 6.65. The molecule has 2 N–H and O–H groups in total. The van der Waals surface area contributed by atoms with Crippen LogP contribution in [-0.2, 0) is 14.3 Å². The fourth-order valence-corrected chi connectivity index (χ4v) is 3.73. The Morgan fingerprint density at radius 3 is 2.33 bits per heavy atom. The van der Waals surface area contributed by atoms with Crippen molar-refractivity contribution in [1.29, 1.82) is 0 Å². The number of rotatable bonds is 6. The van der Waals surface area contributed by atoms with Gasteiger partial charge in [-0.2, -0.15) is 0 Å². The van der Waals surface area contributed by atoms with E-state index in [9.17, 15) is 9.90 Å². The van der Waals surface area contributed by atoms with Gasteiger partial charge in [0.2, 0.25) is 0 Å². The summed E-state index contributed by atoms with van der Waals surface area (Å²) in [5.41, 5.74) is -1.47. The zero-order valence-electron chi connectivity index (χ0n) is 15.6. The van der Waals surface area contributed by atoms with Crippen molar-refractivity contribution < 1.29 is 19.4 Å². The van der Waals surface area contributed by atoms with Gasteiger partial charge < -0.3 is 19.9 Å². The van der Waals surface area contributed by atoms with Gasteiger partial charge >= 0.3 is 0 Å². The van der Waals surface area contributed by atoms with Gasteiger partial charge in [0.05, 0.1) is 6.10 Å². The van der Waals surface area contributed by atoms with Crippen LogP contribution in [0.3, 0.4) is 0 Å². The number of nitrogens with zero attached hydrogens (tertiary/aromatic N) is 1. The number of likely N-dealkylation sites (tertiary alicyclic amines) is 1. The topological polar surface area (TPSA) is 71.0 Å². The molecule has 6 nitrogen and oxygen atoms in total. The average molecular weight is 342 g/mol. The van der Waals surface area contributed by atoms with Gasteiger partial charge in [0.25, 0.3) is 5.91 Å². The van der Waals surface area contributed by atoms with Gasteiger partial charge in [-0.1, -0.05) is 0 Å². The summed E-state index contributed by atoms with van der Waals surface area (Å²) in [6, 6.07) is 0. The molecule has 0 saturated carbocycles. The molecule has 0 aromatic carbocycles. The van der Waals surface area contributed by atoms with E-state index in [2.05, 4.69) is 24.1 Å². The number of piperidine rings is 1. The Bertz CT molecular complexity index is 411. The van der Waals surface area contributed by atoms with Crippen LogP contribution in [-0.4, -0.2) is 73.1 Å². The smallest absolute Gasteiger partial charge is 0.252 e. The van der Waals surface area contributed by atoms with Gasteiger partial charge in [0.1, 0.15) is 5.60 Å². The van der Waals surface area contributed by atoms with Crippen molar-refractivity contribution in [3.8, 4) is 0 Å². The van der Waals surface area contributed by atoms with Crippen molar-refractivity contribution in [2.45, 2.75) is 63.7 Å². The standard InChI is InChI=1S/C18H34N2O4/c1-17(2,20-9-5-15(23-4)6-10-20)13-19-16(21)18(3,22)14-7-11-24-12-8-14/h14-15,22H,5-13H2,1-4H3,(H,19,21). The van der Waals surface area contributed by atoms with E-state index in [1.54, 1.807) is 14.0 Å². The van der Waals surface area contributed by atoms with E-state index in [1.165, 1.54) is 0 Å². The van der Waals surface area contributed by atoms with Crippen molar-refractivity contribution in [3.05, 3.63) is 0 Å². The van der Waals surface area contributed by atoms with Crippen LogP contribution in [0.5, 0.6) is 0 Å². The lowest BCUT2D eigenvalue weighted by Gasteiger charge is -2.43. The van der Waals surface area contributed by atoms with Crippen LogP contribution in [0.25, 0.3) is 0 Å². The molecule has 6 heteroatoms. The third-order valence-electron chi connectivity index (χ3n) is 5.79. The maximum absolute atomic E-state index is 12.6. The number of hydrogen-bond acceptors (Lipinski definition) is 5.